The summed E-state index contributed by atoms with van der Waals surface area (Å²) in [6, 6.07) is 0.0373. The first-order valence-corrected chi connectivity index (χ1v) is 4.40. The Kier molecular flexibility index (Phi) is 2.42. The Morgan fingerprint density at radius 2 is 2.00 bits per heavy atom. The standard InChI is InChI=1S/C9H17NO2/c1-9(2,3)7(8(11)12)10-6-4-5-6/h6-7,10H,4-5H2,1-3H3,(H,11,12)/t7-/m1/s1. The Morgan fingerprint density at radius 1 is 1.50 bits per heavy atom. The van der Waals surface area contributed by atoms with Gasteiger partial charge in [0.1, 0.15) is 6.04 Å². The number of hydrogen-bond donors (Lipinski definition) is 2. The normalized spacial score (nSPS) is 20.6. The smallest absolute Gasteiger partial charge is 0.321 e. The second-order valence-corrected chi connectivity index (χ2v) is 4.58. The van der Waals surface area contributed by atoms with E-state index >= 15 is 0 Å². The van der Waals surface area contributed by atoms with Crippen molar-refractivity contribution in [1.82, 2.24) is 5.32 Å². The summed E-state index contributed by atoms with van der Waals surface area (Å²) in [5.74, 6) is -0.741. The zero-order valence-corrected chi connectivity index (χ0v) is 7.92. The first kappa shape index (κ1) is 9.52. The Bertz CT molecular complexity index is 179. The van der Waals surface area contributed by atoms with Crippen LogP contribution in [0.4, 0.5) is 0 Å². The molecule has 0 radical (unpaired) electrons. The van der Waals surface area contributed by atoms with Gasteiger partial charge in [-0.2, -0.15) is 0 Å². The van der Waals surface area contributed by atoms with Crippen LogP contribution in [0.25, 0.3) is 0 Å². The molecule has 0 heterocycles. The molecule has 0 unspecified atom stereocenters. The maximum atomic E-state index is 10.8. The summed E-state index contributed by atoms with van der Waals surface area (Å²) in [5, 5.41) is 12.1. The Hall–Kier alpha value is -0.570. The molecule has 3 heteroatoms. The SMILES string of the molecule is CC(C)(C)[C@H](NC1CC1)C(=O)O. The Balaban J connectivity index is 2.53. The lowest BCUT2D eigenvalue weighted by molar-refractivity contribution is -0.142. The van der Waals surface area contributed by atoms with E-state index in [1.54, 1.807) is 0 Å². The molecule has 70 valence electrons. The molecule has 1 rings (SSSR count). The van der Waals surface area contributed by atoms with E-state index in [1.807, 2.05) is 20.8 Å². The van der Waals surface area contributed by atoms with Gasteiger partial charge in [0.2, 0.25) is 0 Å². The average molecular weight is 171 g/mol. The quantitative estimate of drug-likeness (QED) is 0.671. The van der Waals surface area contributed by atoms with Crippen molar-refractivity contribution in [3.05, 3.63) is 0 Å². The fourth-order valence-electron chi connectivity index (χ4n) is 1.18. The highest BCUT2D eigenvalue weighted by atomic mass is 16.4. The molecule has 0 aliphatic heterocycles. The summed E-state index contributed by atoms with van der Waals surface area (Å²) in [7, 11) is 0. The fourth-order valence-corrected chi connectivity index (χ4v) is 1.18. The number of rotatable bonds is 3. The van der Waals surface area contributed by atoms with Gasteiger partial charge >= 0.3 is 5.97 Å². The molecule has 0 aromatic carbocycles. The van der Waals surface area contributed by atoms with E-state index in [1.165, 1.54) is 0 Å². The average Bonchev–Trinajstić information content (AvgIpc) is 2.61. The predicted octanol–water partition coefficient (Wildman–Crippen LogP) is 1.24. The van der Waals surface area contributed by atoms with Gasteiger partial charge in [-0.3, -0.25) is 4.79 Å². The third kappa shape index (κ3) is 2.48. The predicted molar refractivity (Wildman–Crippen MR) is 47.0 cm³/mol. The maximum absolute atomic E-state index is 10.8. The first-order chi connectivity index (χ1) is 5.41. The van der Waals surface area contributed by atoms with E-state index in [9.17, 15) is 4.79 Å². The molecule has 0 saturated heterocycles. The van der Waals surface area contributed by atoms with Gasteiger partial charge in [0.25, 0.3) is 0 Å². The van der Waals surface area contributed by atoms with Crippen LogP contribution in [0.1, 0.15) is 33.6 Å². The third-order valence-corrected chi connectivity index (χ3v) is 2.09. The van der Waals surface area contributed by atoms with Gasteiger partial charge in [0, 0.05) is 6.04 Å². The monoisotopic (exact) mass is 171 g/mol. The van der Waals surface area contributed by atoms with Crippen molar-refractivity contribution < 1.29 is 9.90 Å². The molecule has 2 N–H and O–H groups in total. The summed E-state index contributed by atoms with van der Waals surface area (Å²) >= 11 is 0. The summed E-state index contributed by atoms with van der Waals surface area (Å²) < 4.78 is 0. The number of carboxylic acids is 1. The highest BCUT2D eigenvalue weighted by molar-refractivity contribution is 5.74. The number of nitrogens with one attached hydrogen (secondary N) is 1. The van der Waals surface area contributed by atoms with Crippen molar-refractivity contribution in [2.45, 2.75) is 45.7 Å². The molecule has 1 saturated carbocycles. The van der Waals surface area contributed by atoms with Crippen LogP contribution in [0.3, 0.4) is 0 Å². The fraction of sp³-hybridized carbons (Fsp3) is 0.889. The van der Waals surface area contributed by atoms with Crippen LogP contribution < -0.4 is 5.32 Å². The van der Waals surface area contributed by atoms with E-state index in [2.05, 4.69) is 5.32 Å². The second-order valence-electron chi connectivity index (χ2n) is 4.58. The van der Waals surface area contributed by atoms with Crippen LogP contribution in [0.2, 0.25) is 0 Å². The number of carboxylic acid groups (broad SMARTS) is 1. The summed E-state index contributed by atoms with van der Waals surface area (Å²) in [6.45, 7) is 5.84. The van der Waals surface area contributed by atoms with Gasteiger partial charge in [0.15, 0.2) is 0 Å². The van der Waals surface area contributed by atoms with Gasteiger partial charge in [-0.15, -0.1) is 0 Å². The highest BCUT2D eigenvalue weighted by Gasteiger charge is 2.35. The van der Waals surface area contributed by atoms with Crippen LogP contribution in [-0.2, 0) is 4.79 Å². The van der Waals surface area contributed by atoms with Gasteiger partial charge < -0.3 is 10.4 Å². The summed E-state index contributed by atoms with van der Waals surface area (Å²) in [6.07, 6.45) is 2.25. The van der Waals surface area contributed by atoms with Crippen molar-refractivity contribution in [1.29, 1.82) is 0 Å². The van der Waals surface area contributed by atoms with E-state index in [4.69, 9.17) is 5.11 Å². The molecular weight excluding hydrogens is 154 g/mol. The maximum Gasteiger partial charge on any atom is 0.321 e. The number of aliphatic carboxylic acids is 1. The van der Waals surface area contributed by atoms with Crippen molar-refractivity contribution in [3.8, 4) is 0 Å². The van der Waals surface area contributed by atoms with Crippen molar-refractivity contribution in [3.63, 3.8) is 0 Å². The van der Waals surface area contributed by atoms with Gasteiger partial charge in [-0.05, 0) is 18.3 Å². The molecule has 1 aliphatic rings. The first-order valence-electron chi connectivity index (χ1n) is 4.40. The minimum Gasteiger partial charge on any atom is -0.480 e. The van der Waals surface area contributed by atoms with E-state index in [0.29, 0.717) is 6.04 Å². The molecule has 1 aliphatic carbocycles. The van der Waals surface area contributed by atoms with Crippen LogP contribution in [0.5, 0.6) is 0 Å². The van der Waals surface area contributed by atoms with Crippen LogP contribution in [0, 0.1) is 5.41 Å². The molecule has 0 aromatic heterocycles. The zero-order chi connectivity index (χ0) is 9.35. The molecule has 0 spiro atoms. The highest BCUT2D eigenvalue weighted by Crippen LogP contribution is 2.25. The van der Waals surface area contributed by atoms with Crippen LogP contribution in [-0.4, -0.2) is 23.2 Å². The molecular formula is C9H17NO2. The molecule has 12 heavy (non-hydrogen) atoms. The molecule has 0 amide bonds. The topological polar surface area (TPSA) is 49.3 Å². The van der Waals surface area contributed by atoms with Gasteiger partial charge in [-0.25, -0.2) is 0 Å². The lowest BCUT2D eigenvalue weighted by Gasteiger charge is -2.27. The molecule has 1 fully saturated rings. The van der Waals surface area contributed by atoms with E-state index in [-0.39, 0.29) is 5.41 Å². The molecule has 0 bridgehead atoms. The Labute approximate surface area is 73.2 Å². The minimum absolute atomic E-state index is 0.200. The van der Waals surface area contributed by atoms with Crippen molar-refractivity contribution in [2.75, 3.05) is 0 Å². The lowest BCUT2D eigenvalue weighted by Crippen LogP contribution is -2.47. The summed E-state index contributed by atoms with van der Waals surface area (Å²) in [5.41, 5.74) is -0.200. The number of carbonyl (C=O) groups is 1. The van der Waals surface area contributed by atoms with Crippen molar-refractivity contribution >= 4 is 5.97 Å². The molecule has 1 atom stereocenters. The van der Waals surface area contributed by atoms with E-state index in [0.717, 1.165) is 12.8 Å². The Morgan fingerprint density at radius 3 is 2.25 bits per heavy atom. The largest absolute Gasteiger partial charge is 0.480 e. The summed E-state index contributed by atoms with van der Waals surface area (Å²) in [4.78, 5) is 10.8. The molecule has 0 aromatic rings. The zero-order valence-electron chi connectivity index (χ0n) is 7.92. The van der Waals surface area contributed by atoms with Gasteiger partial charge in [-0.1, -0.05) is 20.8 Å². The van der Waals surface area contributed by atoms with Crippen LogP contribution in [0.15, 0.2) is 0 Å². The lowest BCUT2D eigenvalue weighted by atomic mass is 9.87. The van der Waals surface area contributed by atoms with Crippen LogP contribution >= 0.6 is 0 Å². The number of hydrogen-bond acceptors (Lipinski definition) is 2. The second kappa shape index (κ2) is 3.05. The van der Waals surface area contributed by atoms with Gasteiger partial charge in [0.05, 0.1) is 0 Å². The van der Waals surface area contributed by atoms with Crippen molar-refractivity contribution in [2.24, 2.45) is 5.41 Å². The van der Waals surface area contributed by atoms with E-state index < -0.39 is 12.0 Å². The minimum atomic E-state index is -0.741. The molecule has 3 nitrogen and oxygen atoms in total. The third-order valence-electron chi connectivity index (χ3n) is 2.09.